The smallest absolute Gasteiger partial charge is 0.318 e. The fraction of sp³-hybridized carbons (Fsp3) is 0.148. The highest BCUT2D eigenvalue weighted by Crippen LogP contribution is 2.42. The number of para-hydroxylation sites is 1. The molecular weight excluding hydrogens is 556 g/mol. The number of thioether (sulfide) groups is 1. The number of ether oxygens (including phenoxy) is 2. The molecule has 0 spiro atoms. The molecule has 1 saturated heterocycles. The number of amides is 3. The number of carbonyl (C=O) groups excluding carboxylic acids is 3. The van der Waals surface area contributed by atoms with Crippen LogP contribution in [0.15, 0.2) is 59.5 Å². The summed E-state index contributed by atoms with van der Waals surface area (Å²) in [7, 11) is 1.33. The average molecular weight is 579 g/mol. The normalized spacial score (nSPS) is 13.8. The van der Waals surface area contributed by atoms with Crippen LogP contribution in [0.3, 0.4) is 0 Å². The van der Waals surface area contributed by atoms with Crippen molar-refractivity contribution < 1.29 is 33.7 Å². The van der Waals surface area contributed by atoms with E-state index in [-0.39, 0.29) is 27.7 Å². The highest BCUT2D eigenvalue weighted by molar-refractivity contribution is 8.18. The first-order chi connectivity index (χ1) is 19.5. The number of nitro benzene ring substituents is 2. The summed E-state index contributed by atoms with van der Waals surface area (Å²) in [6, 6.07) is 13.0. The zero-order valence-electron chi connectivity index (χ0n) is 21.9. The number of nitro groups is 2. The number of hydrogen-bond acceptors (Lipinski definition) is 10. The van der Waals surface area contributed by atoms with Gasteiger partial charge in [0.1, 0.15) is 6.54 Å². The van der Waals surface area contributed by atoms with Crippen LogP contribution in [0.5, 0.6) is 17.2 Å². The number of imide groups is 1. The molecule has 0 aromatic heterocycles. The molecule has 3 amide bonds. The lowest BCUT2D eigenvalue weighted by molar-refractivity contribution is -0.394. The van der Waals surface area contributed by atoms with E-state index in [1.807, 2.05) is 26.0 Å². The Morgan fingerprint density at radius 1 is 1.02 bits per heavy atom. The number of hydrogen-bond donors (Lipinski definition) is 1. The van der Waals surface area contributed by atoms with Crippen molar-refractivity contribution in [3.05, 3.63) is 96.4 Å². The summed E-state index contributed by atoms with van der Waals surface area (Å²) in [6.45, 7) is 3.18. The molecule has 0 atom stereocenters. The van der Waals surface area contributed by atoms with Gasteiger partial charge in [0.25, 0.3) is 16.8 Å². The molecule has 13 nitrogen and oxygen atoms in total. The minimum Gasteiger partial charge on any atom is -0.493 e. The van der Waals surface area contributed by atoms with Gasteiger partial charge in [-0.25, -0.2) is 0 Å². The van der Waals surface area contributed by atoms with Crippen molar-refractivity contribution in [3.8, 4) is 17.2 Å². The molecule has 0 unspecified atom stereocenters. The SMILES string of the molecule is COc1cccc(/C=C2/SC(=O)N(CC(=O)Nc3cc(C)ccc3C)C2=O)c1Oc1ccc([N+](=O)[O-])cc1[N+](=O)[O-]. The number of non-ortho nitro benzene ring substituents is 1. The van der Waals surface area contributed by atoms with Crippen molar-refractivity contribution in [2.24, 2.45) is 0 Å². The number of carbonyl (C=O) groups is 3. The summed E-state index contributed by atoms with van der Waals surface area (Å²) in [5.74, 6) is -1.48. The van der Waals surface area contributed by atoms with Crippen LogP contribution < -0.4 is 14.8 Å². The first-order valence-corrected chi connectivity index (χ1v) is 12.7. The van der Waals surface area contributed by atoms with Crippen LogP contribution >= 0.6 is 11.8 Å². The van der Waals surface area contributed by atoms with E-state index in [0.29, 0.717) is 17.4 Å². The van der Waals surface area contributed by atoms with Crippen LogP contribution in [0.4, 0.5) is 21.9 Å². The number of nitrogens with one attached hydrogen (secondary N) is 1. The first kappa shape index (κ1) is 28.8. The molecule has 4 rings (SSSR count). The summed E-state index contributed by atoms with van der Waals surface area (Å²) in [5, 5.41) is 24.7. The van der Waals surface area contributed by atoms with E-state index in [1.54, 1.807) is 12.1 Å². The molecule has 210 valence electrons. The Bertz CT molecular complexity index is 1640. The number of methoxy groups -OCH3 is 1. The maximum Gasteiger partial charge on any atom is 0.318 e. The van der Waals surface area contributed by atoms with Crippen molar-refractivity contribution in [2.45, 2.75) is 13.8 Å². The zero-order valence-corrected chi connectivity index (χ0v) is 22.7. The lowest BCUT2D eigenvalue weighted by atomic mass is 10.1. The van der Waals surface area contributed by atoms with Gasteiger partial charge in [-0.3, -0.25) is 39.5 Å². The van der Waals surface area contributed by atoms with Gasteiger partial charge >= 0.3 is 5.69 Å². The predicted molar refractivity (Wildman–Crippen MR) is 150 cm³/mol. The lowest BCUT2D eigenvalue weighted by Gasteiger charge is -2.14. The molecule has 1 heterocycles. The molecule has 0 radical (unpaired) electrons. The van der Waals surface area contributed by atoms with Gasteiger partial charge in [-0.05, 0) is 61.0 Å². The molecule has 14 heteroatoms. The Kier molecular flexibility index (Phi) is 8.33. The second kappa shape index (κ2) is 11.9. The molecule has 1 aliphatic rings. The van der Waals surface area contributed by atoms with Crippen molar-refractivity contribution in [1.29, 1.82) is 0 Å². The van der Waals surface area contributed by atoms with Crippen LogP contribution in [0.2, 0.25) is 0 Å². The topological polar surface area (TPSA) is 171 Å². The molecule has 3 aromatic rings. The molecule has 1 fully saturated rings. The third-order valence-electron chi connectivity index (χ3n) is 5.92. The van der Waals surface area contributed by atoms with Crippen LogP contribution in [0.1, 0.15) is 16.7 Å². The van der Waals surface area contributed by atoms with Crippen molar-refractivity contribution in [2.75, 3.05) is 19.0 Å². The fourth-order valence-electron chi connectivity index (χ4n) is 3.86. The van der Waals surface area contributed by atoms with Crippen LogP contribution in [0, 0.1) is 34.1 Å². The second-order valence-corrected chi connectivity index (χ2v) is 9.77. The number of anilines is 1. The number of rotatable bonds is 9. The molecular formula is C27H22N4O9S. The van der Waals surface area contributed by atoms with Crippen LogP contribution in [-0.2, 0) is 9.59 Å². The van der Waals surface area contributed by atoms with E-state index in [9.17, 15) is 34.6 Å². The second-order valence-electron chi connectivity index (χ2n) is 8.78. The highest BCUT2D eigenvalue weighted by Gasteiger charge is 2.37. The average Bonchev–Trinajstić information content (AvgIpc) is 3.18. The molecule has 1 aliphatic heterocycles. The Morgan fingerprint density at radius 3 is 2.46 bits per heavy atom. The van der Waals surface area contributed by atoms with Gasteiger partial charge in [-0.1, -0.05) is 24.3 Å². The van der Waals surface area contributed by atoms with E-state index in [2.05, 4.69) is 5.32 Å². The number of nitrogens with zero attached hydrogens (tertiary/aromatic N) is 3. The van der Waals surface area contributed by atoms with E-state index in [0.717, 1.165) is 34.2 Å². The summed E-state index contributed by atoms with van der Waals surface area (Å²) >= 11 is 0.611. The summed E-state index contributed by atoms with van der Waals surface area (Å²) in [5.41, 5.74) is 1.37. The largest absolute Gasteiger partial charge is 0.493 e. The summed E-state index contributed by atoms with van der Waals surface area (Å²) < 4.78 is 11.1. The standard InChI is InChI=1S/C27H22N4O9S/c1-15-7-8-16(2)19(11-15)28-24(32)14-29-26(33)23(41-27(29)34)12-17-5-4-6-22(39-3)25(17)40-21-10-9-18(30(35)36)13-20(21)31(37)38/h4-13H,14H2,1-3H3,(H,28,32)/b23-12+. The highest BCUT2D eigenvalue weighted by atomic mass is 32.2. The molecule has 0 aliphatic carbocycles. The monoisotopic (exact) mass is 578 g/mol. The maximum absolute atomic E-state index is 13.1. The van der Waals surface area contributed by atoms with Gasteiger partial charge in [0, 0.05) is 17.3 Å². The summed E-state index contributed by atoms with van der Waals surface area (Å²) in [4.78, 5) is 60.3. The Morgan fingerprint density at radius 2 is 1.78 bits per heavy atom. The van der Waals surface area contributed by atoms with Crippen molar-refractivity contribution >= 4 is 52.0 Å². The lowest BCUT2D eigenvalue weighted by Crippen LogP contribution is -2.36. The van der Waals surface area contributed by atoms with E-state index < -0.39 is 44.8 Å². The quantitative estimate of drug-likeness (QED) is 0.191. The van der Waals surface area contributed by atoms with Gasteiger partial charge in [0.05, 0.1) is 27.9 Å². The molecule has 1 N–H and O–H groups in total. The van der Waals surface area contributed by atoms with Gasteiger partial charge < -0.3 is 14.8 Å². The Balaban J connectivity index is 1.62. The number of benzene rings is 3. The predicted octanol–water partition coefficient (Wildman–Crippen LogP) is 5.60. The Labute approximate surface area is 237 Å². The van der Waals surface area contributed by atoms with Gasteiger partial charge in [-0.2, -0.15) is 0 Å². The van der Waals surface area contributed by atoms with E-state index >= 15 is 0 Å². The molecule has 0 bridgehead atoms. The molecule has 0 saturated carbocycles. The van der Waals surface area contributed by atoms with E-state index in [1.165, 1.54) is 25.3 Å². The number of aryl methyl sites for hydroxylation is 2. The maximum atomic E-state index is 13.1. The van der Waals surface area contributed by atoms with Crippen LogP contribution in [-0.4, -0.2) is 45.5 Å². The van der Waals surface area contributed by atoms with Crippen molar-refractivity contribution in [1.82, 2.24) is 4.90 Å². The first-order valence-electron chi connectivity index (χ1n) is 11.9. The Hall–Kier alpha value is -5.24. The summed E-state index contributed by atoms with van der Waals surface area (Å²) in [6.07, 6.45) is 1.34. The van der Waals surface area contributed by atoms with Gasteiger partial charge in [-0.15, -0.1) is 0 Å². The molecule has 41 heavy (non-hydrogen) atoms. The molecule has 3 aromatic carbocycles. The van der Waals surface area contributed by atoms with Crippen LogP contribution in [0.25, 0.3) is 6.08 Å². The van der Waals surface area contributed by atoms with Crippen molar-refractivity contribution in [3.63, 3.8) is 0 Å². The minimum atomic E-state index is -0.827. The fourth-order valence-corrected chi connectivity index (χ4v) is 4.69. The zero-order chi connectivity index (χ0) is 29.8. The third kappa shape index (κ3) is 6.33. The van der Waals surface area contributed by atoms with E-state index in [4.69, 9.17) is 9.47 Å². The van der Waals surface area contributed by atoms with Gasteiger partial charge in [0.2, 0.25) is 11.7 Å². The third-order valence-corrected chi connectivity index (χ3v) is 6.83. The van der Waals surface area contributed by atoms with Gasteiger partial charge in [0.15, 0.2) is 11.5 Å². The minimum absolute atomic E-state index is 0.0224.